The van der Waals surface area contributed by atoms with E-state index in [4.69, 9.17) is 16.3 Å². The van der Waals surface area contributed by atoms with Gasteiger partial charge in [0.25, 0.3) is 0 Å². The van der Waals surface area contributed by atoms with Crippen molar-refractivity contribution < 1.29 is 14.3 Å². The summed E-state index contributed by atoms with van der Waals surface area (Å²) in [5.74, 6) is 0.852. The van der Waals surface area contributed by atoms with Crippen LogP contribution in [0.4, 0.5) is 5.69 Å². The van der Waals surface area contributed by atoms with Crippen LogP contribution in [0.15, 0.2) is 42.5 Å². The molecule has 2 aromatic carbocycles. The number of halogens is 1. The summed E-state index contributed by atoms with van der Waals surface area (Å²) in [6.45, 7) is 6.52. The van der Waals surface area contributed by atoms with E-state index in [1.165, 1.54) is 0 Å². The molecule has 2 aromatic rings. The van der Waals surface area contributed by atoms with E-state index in [9.17, 15) is 9.59 Å². The number of nitrogens with zero attached hydrogens (tertiary/aromatic N) is 1. The summed E-state index contributed by atoms with van der Waals surface area (Å²) in [6, 6.07) is 13.5. The zero-order chi connectivity index (χ0) is 23.6. The van der Waals surface area contributed by atoms with Crippen LogP contribution in [0.5, 0.6) is 5.75 Å². The number of amides is 2. The second kappa shape index (κ2) is 12.6. The highest BCUT2D eigenvalue weighted by molar-refractivity contribution is 6.30. The molecule has 0 unspecified atom stereocenters. The molecule has 2 amide bonds. The maximum absolute atomic E-state index is 12.4. The summed E-state index contributed by atoms with van der Waals surface area (Å²) >= 11 is 5.99. The number of fused-ring (bicyclic) bond motifs is 1. The second-order valence-corrected chi connectivity index (χ2v) is 9.19. The van der Waals surface area contributed by atoms with E-state index in [1.54, 1.807) is 12.1 Å². The van der Waals surface area contributed by atoms with Crippen molar-refractivity contribution >= 4 is 29.1 Å². The topological polar surface area (TPSA) is 70.7 Å². The minimum Gasteiger partial charge on any atom is -0.493 e. The van der Waals surface area contributed by atoms with Gasteiger partial charge in [0.1, 0.15) is 5.75 Å². The Morgan fingerprint density at radius 1 is 1.15 bits per heavy atom. The molecule has 1 heterocycles. The first-order valence-electron chi connectivity index (χ1n) is 11.7. The van der Waals surface area contributed by atoms with Gasteiger partial charge in [0.15, 0.2) is 0 Å². The molecule has 0 bridgehead atoms. The first-order chi connectivity index (χ1) is 15.9. The van der Waals surface area contributed by atoms with Crippen molar-refractivity contribution in [1.29, 1.82) is 0 Å². The minimum atomic E-state index is -0.0574. The van der Waals surface area contributed by atoms with Crippen LogP contribution in [0.3, 0.4) is 0 Å². The third-order valence-corrected chi connectivity index (χ3v) is 5.96. The zero-order valence-corrected chi connectivity index (χ0v) is 20.3. The van der Waals surface area contributed by atoms with Crippen LogP contribution in [0.25, 0.3) is 0 Å². The Balaban J connectivity index is 1.70. The van der Waals surface area contributed by atoms with Gasteiger partial charge in [-0.25, -0.2) is 0 Å². The van der Waals surface area contributed by atoms with Crippen molar-refractivity contribution in [1.82, 2.24) is 10.2 Å². The number of nitrogens with one attached hydrogen (secondary N) is 2. The summed E-state index contributed by atoms with van der Waals surface area (Å²) in [5.41, 5.74) is 2.81. The Kier molecular flexibility index (Phi) is 9.58. The number of rotatable bonds is 5. The van der Waals surface area contributed by atoms with Gasteiger partial charge in [0.05, 0.1) is 13.2 Å². The Bertz CT molecular complexity index is 948. The molecule has 0 saturated carbocycles. The van der Waals surface area contributed by atoms with E-state index in [0.29, 0.717) is 49.8 Å². The fourth-order valence-electron chi connectivity index (χ4n) is 3.79. The Labute approximate surface area is 201 Å². The molecule has 0 spiro atoms. The van der Waals surface area contributed by atoms with E-state index in [1.807, 2.05) is 24.3 Å². The molecule has 7 heteroatoms. The van der Waals surface area contributed by atoms with Crippen LogP contribution < -0.4 is 15.4 Å². The standard InChI is InChI=1S/C26H34ClN3O3/c1-19(2)30-17-21-15-20(10-12-25(31)29-23-8-6-7-22(27)16-23)9-11-24(21)33-14-5-3-4-13-28-26(32)18-30/h6-9,11,15-16,19H,3-5,10,12-14,17-18H2,1-2H3,(H,28,32)(H,29,31). The number of anilines is 1. The molecule has 0 aromatic heterocycles. The van der Waals surface area contributed by atoms with Crippen LogP contribution in [0, 0.1) is 0 Å². The number of aryl methyl sites for hydroxylation is 1. The first-order valence-corrected chi connectivity index (χ1v) is 12.1. The predicted molar refractivity (Wildman–Crippen MR) is 133 cm³/mol. The highest BCUT2D eigenvalue weighted by Gasteiger charge is 2.18. The molecule has 0 atom stereocenters. The summed E-state index contributed by atoms with van der Waals surface area (Å²) in [7, 11) is 0. The number of hydrogen-bond acceptors (Lipinski definition) is 4. The van der Waals surface area contributed by atoms with Crippen LogP contribution in [0.2, 0.25) is 5.02 Å². The molecule has 178 valence electrons. The summed E-state index contributed by atoms with van der Waals surface area (Å²) in [4.78, 5) is 27.0. The second-order valence-electron chi connectivity index (χ2n) is 8.76. The summed E-state index contributed by atoms with van der Waals surface area (Å²) < 4.78 is 6.10. The highest BCUT2D eigenvalue weighted by Crippen LogP contribution is 2.24. The lowest BCUT2D eigenvalue weighted by Gasteiger charge is -2.27. The van der Waals surface area contributed by atoms with Gasteiger partial charge in [-0.2, -0.15) is 0 Å². The van der Waals surface area contributed by atoms with Crippen LogP contribution >= 0.6 is 11.6 Å². The first kappa shape index (κ1) is 25.1. The molecule has 0 radical (unpaired) electrons. The molecule has 1 aliphatic heterocycles. The molecule has 3 rings (SSSR count). The Hall–Kier alpha value is -2.57. The molecule has 1 aliphatic rings. The lowest BCUT2D eigenvalue weighted by atomic mass is 10.0. The van der Waals surface area contributed by atoms with Crippen molar-refractivity contribution in [2.45, 2.75) is 58.5 Å². The van der Waals surface area contributed by atoms with E-state index >= 15 is 0 Å². The lowest BCUT2D eigenvalue weighted by Crippen LogP contribution is -2.40. The van der Waals surface area contributed by atoms with Crippen molar-refractivity contribution in [2.75, 3.05) is 25.0 Å². The van der Waals surface area contributed by atoms with Gasteiger partial charge in [-0.3, -0.25) is 14.5 Å². The van der Waals surface area contributed by atoms with Crippen molar-refractivity contribution in [3.8, 4) is 5.75 Å². The third-order valence-electron chi connectivity index (χ3n) is 5.73. The largest absolute Gasteiger partial charge is 0.493 e. The van der Waals surface area contributed by atoms with Gasteiger partial charge in [-0.15, -0.1) is 0 Å². The normalized spacial score (nSPS) is 15.9. The molecule has 0 aliphatic carbocycles. The number of carbonyl (C=O) groups is 2. The van der Waals surface area contributed by atoms with Crippen LogP contribution in [-0.4, -0.2) is 42.5 Å². The molecule has 33 heavy (non-hydrogen) atoms. The fraction of sp³-hybridized carbons (Fsp3) is 0.462. The van der Waals surface area contributed by atoms with Gasteiger partial charge >= 0.3 is 0 Å². The van der Waals surface area contributed by atoms with Gasteiger partial charge in [-0.05, 0) is 69.4 Å². The number of benzene rings is 2. The van der Waals surface area contributed by atoms with E-state index < -0.39 is 0 Å². The third kappa shape index (κ3) is 8.37. The molecular weight excluding hydrogens is 438 g/mol. The number of carbonyl (C=O) groups excluding carboxylic acids is 2. The number of ether oxygens (including phenoxy) is 1. The average molecular weight is 472 g/mol. The predicted octanol–water partition coefficient (Wildman–Crippen LogP) is 4.80. The smallest absolute Gasteiger partial charge is 0.234 e. The van der Waals surface area contributed by atoms with Gasteiger partial charge in [-0.1, -0.05) is 29.8 Å². The van der Waals surface area contributed by atoms with Crippen molar-refractivity contribution in [2.24, 2.45) is 0 Å². The average Bonchev–Trinajstić information content (AvgIpc) is 2.78. The highest BCUT2D eigenvalue weighted by atomic mass is 35.5. The van der Waals surface area contributed by atoms with Crippen molar-refractivity contribution in [3.05, 3.63) is 58.6 Å². The molecule has 6 nitrogen and oxygen atoms in total. The lowest BCUT2D eigenvalue weighted by molar-refractivity contribution is -0.122. The van der Waals surface area contributed by atoms with Crippen molar-refractivity contribution in [3.63, 3.8) is 0 Å². The van der Waals surface area contributed by atoms with E-state index in [2.05, 4.69) is 35.4 Å². The SMILES string of the molecule is CC(C)N1CC(=O)NCCCCCOc2ccc(CCC(=O)Nc3cccc(Cl)c3)cc2C1. The molecule has 0 fully saturated rings. The van der Waals surface area contributed by atoms with Crippen LogP contribution in [0.1, 0.15) is 50.7 Å². The zero-order valence-electron chi connectivity index (χ0n) is 19.5. The number of hydrogen-bond donors (Lipinski definition) is 2. The van der Waals surface area contributed by atoms with E-state index in [0.717, 1.165) is 36.1 Å². The van der Waals surface area contributed by atoms with Gasteiger partial charge < -0.3 is 15.4 Å². The quantitative estimate of drug-likeness (QED) is 0.657. The fourth-order valence-corrected chi connectivity index (χ4v) is 3.98. The Morgan fingerprint density at radius 2 is 2.00 bits per heavy atom. The van der Waals surface area contributed by atoms with Crippen LogP contribution in [-0.2, 0) is 22.6 Å². The Morgan fingerprint density at radius 3 is 2.79 bits per heavy atom. The van der Waals surface area contributed by atoms with Gasteiger partial charge in [0.2, 0.25) is 11.8 Å². The molecule has 2 N–H and O–H groups in total. The monoisotopic (exact) mass is 471 g/mol. The summed E-state index contributed by atoms with van der Waals surface area (Å²) in [5, 5.41) is 6.51. The minimum absolute atomic E-state index is 0.0549. The maximum Gasteiger partial charge on any atom is 0.234 e. The summed E-state index contributed by atoms with van der Waals surface area (Å²) in [6.07, 6.45) is 3.90. The molecule has 0 saturated heterocycles. The van der Waals surface area contributed by atoms with Gasteiger partial charge in [0, 0.05) is 41.8 Å². The van der Waals surface area contributed by atoms with E-state index in [-0.39, 0.29) is 17.9 Å². The molecular formula is C26H34ClN3O3. The maximum atomic E-state index is 12.4.